The quantitative estimate of drug-likeness (QED) is 0.581. The van der Waals surface area contributed by atoms with Gasteiger partial charge in [0.05, 0.1) is 5.56 Å². The zero-order chi connectivity index (χ0) is 19.3. The SMILES string of the molecule is O=C(NCc1ccnc(-n2ccnc2)c1)c1ccc(-c2cncnc2)cc1F. The second kappa shape index (κ2) is 7.75. The van der Waals surface area contributed by atoms with Gasteiger partial charge in [-0.05, 0) is 35.4 Å². The molecule has 4 aromatic rings. The molecular formula is C20H15FN6O. The van der Waals surface area contributed by atoms with Crippen molar-refractivity contribution in [2.45, 2.75) is 6.54 Å². The summed E-state index contributed by atoms with van der Waals surface area (Å²) in [6.45, 7) is 0.247. The molecule has 0 saturated heterocycles. The molecule has 0 atom stereocenters. The van der Waals surface area contributed by atoms with Crippen LogP contribution in [0.4, 0.5) is 4.39 Å². The molecule has 28 heavy (non-hydrogen) atoms. The van der Waals surface area contributed by atoms with Gasteiger partial charge in [0.15, 0.2) is 0 Å². The molecule has 4 rings (SSSR count). The third-order valence-corrected chi connectivity index (χ3v) is 4.14. The molecule has 7 nitrogen and oxygen atoms in total. The van der Waals surface area contributed by atoms with Crippen LogP contribution in [0.3, 0.4) is 0 Å². The van der Waals surface area contributed by atoms with Crippen molar-refractivity contribution < 1.29 is 9.18 Å². The van der Waals surface area contributed by atoms with Gasteiger partial charge in [-0.3, -0.25) is 9.36 Å². The van der Waals surface area contributed by atoms with Crippen LogP contribution >= 0.6 is 0 Å². The molecule has 138 valence electrons. The topological polar surface area (TPSA) is 85.6 Å². The fourth-order valence-electron chi connectivity index (χ4n) is 2.71. The first-order chi connectivity index (χ1) is 13.7. The van der Waals surface area contributed by atoms with Crippen molar-refractivity contribution in [2.75, 3.05) is 0 Å². The van der Waals surface area contributed by atoms with Gasteiger partial charge in [-0.1, -0.05) is 6.07 Å². The molecule has 0 aliphatic carbocycles. The highest BCUT2D eigenvalue weighted by atomic mass is 19.1. The first-order valence-electron chi connectivity index (χ1n) is 8.47. The number of amides is 1. The Kier molecular flexibility index (Phi) is 4.83. The van der Waals surface area contributed by atoms with E-state index in [2.05, 4.69) is 25.3 Å². The van der Waals surface area contributed by atoms with Crippen molar-refractivity contribution in [2.24, 2.45) is 0 Å². The molecule has 0 unspecified atom stereocenters. The van der Waals surface area contributed by atoms with Crippen LogP contribution in [0.15, 0.2) is 74.0 Å². The number of hydrogen-bond donors (Lipinski definition) is 1. The molecule has 0 aliphatic heterocycles. The van der Waals surface area contributed by atoms with Gasteiger partial charge in [-0.2, -0.15) is 0 Å². The minimum Gasteiger partial charge on any atom is -0.348 e. The third kappa shape index (κ3) is 3.75. The molecule has 8 heteroatoms. The zero-order valence-electron chi connectivity index (χ0n) is 14.7. The van der Waals surface area contributed by atoms with Gasteiger partial charge in [0.1, 0.15) is 24.3 Å². The normalized spacial score (nSPS) is 10.6. The summed E-state index contributed by atoms with van der Waals surface area (Å²) in [4.78, 5) is 28.5. The van der Waals surface area contributed by atoms with E-state index in [1.165, 1.54) is 18.5 Å². The van der Waals surface area contributed by atoms with Crippen LogP contribution in [0, 0.1) is 5.82 Å². The highest BCUT2D eigenvalue weighted by Crippen LogP contribution is 2.20. The van der Waals surface area contributed by atoms with E-state index in [1.54, 1.807) is 54.0 Å². The fraction of sp³-hybridized carbons (Fsp3) is 0.0500. The van der Waals surface area contributed by atoms with E-state index < -0.39 is 11.7 Å². The molecule has 0 radical (unpaired) electrons. The summed E-state index contributed by atoms with van der Waals surface area (Å²) in [6, 6.07) is 8.04. The van der Waals surface area contributed by atoms with Crippen molar-refractivity contribution in [3.8, 4) is 16.9 Å². The summed E-state index contributed by atoms with van der Waals surface area (Å²) in [5.41, 5.74) is 2.10. The van der Waals surface area contributed by atoms with Crippen molar-refractivity contribution in [1.29, 1.82) is 0 Å². The lowest BCUT2D eigenvalue weighted by molar-refractivity contribution is 0.0947. The van der Waals surface area contributed by atoms with Crippen molar-refractivity contribution in [1.82, 2.24) is 29.8 Å². The minimum atomic E-state index is -0.604. The average Bonchev–Trinajstić information content (AvgIpc) is 3.28. The van der Waals surface area contributed by atoms with Crippen LogP contribution in [-0.4, -0.2) is 30.4 Å². The lowest BCUT2D eigenvalue weighted by Crippen LogP contribution is -2.24. The Hall–Kier alpha value is -3.94. The Morgan fingerprint density at radius 2 is 1.89 bits per heavy atom. The Bertz CT molecular complexity index is 1100. The lowest BCUT2D eigenvalue weighted by atomic mass is 10.1. The van der Waals surface area contributed by atoms with E-state index in [4.69, 9.17) is 0 Å². The smallest absolute Gasteiger partial charge is 0.254 e. The zero-order valence-corrected chi connectivity index (χ0v) is 14.7. The highest BCUT2D eigenvalue weighted by Gasteiger charge is 2.13. The van der Waals surface area contributed by atoms with Gasteiger partial charge >= 0.3 is 0 Å². The Balaban J connectivity index is 1.46. The second-order valence-corrected chi connectivity index (χ2v) is 6.00. The molecule has 0 aliphatic rings. The van der Waals surface area contributed by atoms with E-state index in [1.807, 2.05) is 6.07 Å². The van der Waals surface area contributed by atoms with Gasteiger partial charge in [0.2, 0.25) is 0 Å². The van der Waals surface area contributed by atoms with E-state index in [-0.39, 0.29) is 12.1 Å². The number of nitrogens with zero attached hydrogens (tertiary/aromatic N) is 5. The molecule has 0 spiro atoms. The monoisotopic (exact) mass is 374 g/mol. The first kappa shape index (κ1) is 17.5. The Morgan fingerprint density at radius 1 is 1.04 bits per heavy atom. The van der Waals surface area contributed by atoms with Gasteiger partial charge in [0, 0.05) is 43.1 Å². The molecule has 1 amide bonds. The predicted octanol–water partition coefficient (Wildman–Crippen LogP) is 2.79. The number of carbonyl (C=O) groups excluding carboxylic acids is 1. The van der Waals surface area contributed by atoms with Crippen LogP contribution in [0.2, 0.25) is 0 Å². The molecule has 1 aromatic carbocycles. The number of aromatic nitrogens is 5. The molecule has 3 heterocycles. The van der Waals surface area contributed by atoms with E-state index in [0.717, 1.165) is 5.56 Å². The van der Waals surface area contributed by atoms with Crippen LogP contribution < -0.4 is 5.32 Å². The maximum absolute atomic E-state index is 14.4. The second-order valence-electron chi connectivity index (χ2n) is 6.00. The van der Waals surface area contributed by atoms with Crippen molar-refractivity contribution in [3.63, 3.8) is 0 Å². The molecular weight excluding hydrogens is 359 g/mol. The standard InChI is InChI=1S/C20H15FN6O/c21-18-8-15(16-10-23-12-24-11-16)1-2-17(18)20(28)26-9-14-3-4-25-19(7-14)27-6-5-22-13-27/h1-8,10-13H,9H2,(H,26,28). The first-order valence-corrected chi connectivity index (χ1v) is 8.47. The minimum absolute atomic E-state index is 0.0236. The summed E-state index contributed by atoms with van der Waals surface area (Å²) in [7, 11) is 0. The van der Waals surface area contributed by atoms with Crippen LogP contribution in [-0.2, 0) is 6.54 Å². The lowest BCUT2D eigenvalue weighted by Gasteiger charge is -2.09. The summed E-state index contributed by atoms with van der Waals surface area (Å²) in [5, 5.41) is 2.73. The summed E-state index contributed by atoms with van der Waals surface area (Å²) >= 11 is 0. The van der Waals surface area contributed by atoms with Gasteiger partial charge in [0.25, 0.3) is 5.91 Å². The number of hydrogen-bond acceptors (Lipinski definition) is 5. The average molecular weight is 374 g/mol. The molecule has 0 saturated carbocycles. The third-order valence-electron chi connectivity index (χ3n) is 4.14. The van der Waals surface area contributed by atoms with Crippen molar-refractivity contribution >= 4 is 5.91 Å². The van der Waals surface area contributed by atoms with Gasteiger partial charge in [-0.15, -0.1) is 0 Å². The largest absolute Gasteiger partial charge is 0.348 e. The van der Waals surface area contributed by atoms with Crippen LogP contribution in [0.25, 0.3) is 16.9 Å². The number of halogens is 1. The van der Waals surface area contributed by atoms with E-state index >= 15 is 0 Å². The number of imidazole rings is 1. The number of rotatable bonds is 5. The molecule has 3 aromatic heterocycles. The molecule has 0 bridgehead atoms. The summed E-state index contributed by atoms with van der Waals surface area (Å²) in [6.07, 6.45) is 11.3. The highest BCUT2D eigenvalue weighted by molar-refractivity contribution is 5.95. The predicted molar refractivity (Wildman–Crippen MR) is 100.0 cm³/mol. The Labute approximate surface area is 160 Å². The van der Waals surface area contributed by atoms with Gasteiger partial charge in [-0.25, -0.2) is 24.3 Å². The maximum Gasteiger partial charge on any atom is 0.254 e. The van der Waals surface area contributed by atoms with Crippen molar-refractivity contribution in [3.05, 3.63) is 90.9 Å². The molecule has 1 N–H and O–H groups in total. The van der Waals surface area contributed by atoms with E-state index in [9.17, 15) is 9.18 Å². The summed E-state index contributed by atoms with van der Waals surface area (Å²) < 4.78 is 16.2. The van der Waals surface area contributed by atoms with E-state index in [0.29, 0.717) is 16.9 Å². The fourth-order valence-corrected chi connectivity index (χ4v) is 2.71. The number of carbonyl (C=O) groups is 1. The van der Waals surface area contributed by atoms with Gasteiger partial charge < -0.3 is 5.32 Å². The van der Waals surface area contributed by atoms with Crippen LogP contribution in [0.5, 0.6) is 0 Å². The van der Waals surface area contributed by atoms with Crippen LogP contribution in [0.1, 0.15) is 15.9 Å². The number of pyridine rings is 1. The number of nitrogens with one attached hydrogen (secondary N) is 1. The number of benzene rings is 1. The molecule has 0 fully saturated rings. The maximum atomic E-state index is 14.4. The Morgan fingerprint density at radius 3 is 2.64 bits per heavy atom. The summed E-state index contributed by atoms with van der Waals surface area (Å²) in [5.74, 6) is -0.410.